The van der Waals surface area contributed by atoms with Crippen LogP contribution in [0.4, 0.5) is 5.13 Å². The van der Waals surface area contributed by atoms with Gasteiger partial charge in [-0.3, -0.25) is 4.79 Å². The largest absolute Gasteiger partial charge is 0.300 e. The van der Waals surface area contributed by atoms with Crippen molar-refractivity contribution < 1.29 is 4.79 Å². The average Bonchev–Trinajstić information content (AvgIpc) is 2.94. The lowest BCUT2D eigenvalue weighted by molar-refractivity contribution is -0.118. The van der Waals surface area contributed by atoms with Gasteiger partial charge in [-0.25, -0.2) is 0 Å². The molecule has 6 heteroatoms. The molecular formula is C16H21N3OS2. The van der Waals surface area contributed by atoms with Crippen molar-refractivity contribution >= 4 is 34.1 Å². The molecule has 1 aromatic carbocycles. The second-order valence-corrected chi connectivity index (χ2v) is 8.25. The number of amides is 1. The molecule has 1 aromatic heterocycles. The number of benzene rings is 1. The van der Waals surface area contributed by atoms with E-state index in [9.17, 15) is 4.79 Å². The van der Waals surface area contributed by atoms with Gasteiger partial charge in [0.25, 0.3) is 0 Å². The van der Waals surface area contributed by atoms with Crippen molar-refractivity contribution in [3.05, 3.63) is 35.3 Å². The number of rotatable bonds is 5. The summed E-state index contributed by atoms with van der Waals surface area (Å²) in [6.45, 7) is 8.17. The van der Waals surface area contributed by atoms with E-state index in [1.54, 1.807) is 11.8 Å². The van der Waals surface area contributed by atoms with Crippen LogP contribution in [0.2, 0.25) is 0 Å². The Bertz CT molecular complexity index is 620. The van der Waals surface area contributed by atoms with Gasteiger partial charge in [0.05, 0.1) is 0 Å². The van der Waals surface area contributed by atoms with Crippen LogP contribution >= 0.6 is 23.1 Å². The summed E-state index contributed by atoms with van der Waals surface area (Å²) in [5.41, 5.74) is -0.0462. The van der Waals surface area contributed by atoms with Crippen molar-refractivity contribution in [2.45, 2.75) is 38.0 Å². The zero-order chi connectivity index (χ0) is 16.2. The summed E-state index contributed by atoms with van der Waals surface area (Å²) in [4.78, 5) is 13.4. The molecule has 2 rings (SSSR count). The number of nitrogens with zero attached hydrogens (tertiary/aromatic N) is 2. The molecule has 4 nitrogen and oxygen atoms in total. The average molecular weight is 335 g/mol. The molecule has 1 amide bonds. The summed E-state index contributed by atoms with van der Waals surface area (Å²) in [7, 11) is 0. The summed E-state index contributed by atoms with van der Waals surface area (Å²) in [6, 6.07) is 10.1. The van der Waals surface area contributed by atoms with Gasteiger partial charge in [0, 0.05) is 22.0 Å². The number of thioether (sulfide) groups is 1. The molecule has 0 saturated heterocycles. The second-order valence-electron chi connectivity index (χ2n) is 6.18. The molecule has 0 bridgehead atoms. The highest BCUT2D eigenvalue weighted by atomic mass is 32.2. The van der Waals surface area contributed by atoms with E-state index >= 15 is 0 Å². The molecule has 1 heterocycles. The summed E-state index contributed by atoms with van der Waals surface area (Å²) < 4.78 is 0. The number of carbonyl (C=O) groups excluding carboxylic acids is 1. The van der Waals surface area contributed by atoms with Gasteiger partial charge in [-0.05, 0) is 12.1 Å². The van der Waals surface area contributed by atoms with Gasteiger partial charge in [0.2, 0.25) is 11.0 Å². The second kappa shape index (κ2) is 7.24. The van der Waals surface area contributed by atoms with Crippen molar-refractivity contribution in [3.63, 3.8) is 0 Å². The SMILES string of the molecule is CC(CSc1ccccc1)C(=O)Nc1nnc(C(C)(C)C)s1. The summed E-state index contributed by atoms with van der Waals surface area (Å²) in [5, 5.41) is 12.6. The number of hydrogen-bond donors (Lipinski definition) is 1. The fourth-order valence-electron chi connectivity index (χ4n) is 1.62. The standard InChI is InChI=1S/C16H21N3OS2/c1-11(10-21-12-8-6-5-7-9-12)13(20)17-15-19-18-14(22-15)16(2,3)4/h5-9,11H,10H2,1-4H3,(H,17,19,20). The van der Waals surface area contributed by atoms with E-state index < -0.39 is 0 Å². The lowest BCUT2D eigenvalue weighted by atomic mass is 9.98. The molecule has 22 heavy (non-hydrogen) atoms. The molecule has 0 spiro atoms. The molecule has 0 aliphatic carbocycles. The van der Waals surface area contributed by atoms with Gasteiger partial charge < -0.3 is 5.32 Å². The number of carbonyl (C=O) groups is 1. The van der Waals surface area contributed by atoms with Gasteiger partial charge in [-0.2, -0.15) is 0 Å². The molecule has 0 radical (unpaired) electrons. The van der Waals surface area contributed by atoms with E-state index in [1.165, 1.54) is 16.2 Å². The van der Waals surface area contributed by atoms with Crippen LogP contribution in [-0.4, -0.2) is 21.9 Å². The van der Waals surface area contributed by atoms with Crippen molar-refractivity contribution in [2.75, 3.05) is 11.1 Å². The Balaban J connectivity index is 1.87. The van der Waals surface area contributed by atoms with Gasteiger partial charge in [0.15, 0.2) is 0 Å². The maximum atomic E-state index is 12.2. The third kappa shape index (κ3) is 4.81. The van der Waals surface area contributed by atoms with E-state index in [2.05, 4.69) is 48.4 Å². The van der Waals surface area contributed by atoms with Crippen molar-refractivity contribution in [1.29, 1.82) is 0 Å². The molecule has 0 saturated carbocycles. The summed E-state index contributed by atoms with van der Waals surface area (Å²) in [6.07, 6.45) is 0. The van der Waals surface area contributed by atoms with Crippen LogP contribution in [0.5, 0.6) is 0 Å². The highest BCUT2D eigenvalue weighted by Crippen LogP contribution is 2.28. The van der Waals surface area contributed by atoms with Gasteiger partial charge in [-0.1, -0.05) is 57.2 Å². The smallest absolute Gasteiger partial charge is 0.229 e. The van der Waals surface area contributed by atoms with E-state index in [1.807, 2.05) is 25.1 Å². The first kappa shape index (κ1) is 17.0. The molecule has 2 aromatic rings. The number of aromatic nitrogens is 2. The highest BCUT2D eigenvalue weighted by Gasteiger charge is 2.21. The Kier molecular flexibility index (Phi) is 5.58. The van der Waals surface area contributed by atoms with Crippen LogP contribution in [-0.2, 0) is 10.2 Å². The Morgan fingerprint density at radius 3 is 2.55 bits per heavy atom. The van der Waals surface area contributed by atoms with Crippen molar-refractivity contribution in [3.8, 4) is 0 Å². The molecular weight excluding hydrogens is 314 g/mol. The molecule has 1 atom stereocenters. The van der Waals surface area contributed by atoms with Gasteiger partial charge >= 0.3 is 0 Å². The summed E-state index contributed by atoms with van der Waals surface area (Å²) in [5.74, 6) is 0.632. The normalized spacial score (nSPS) is 12.9. The first-order valence-corrected chi connectivity index (χ1v) is 8.99. The molecule has 118 valence electrons. The lowest BCUT2D eigenvalue weighted by Crippen LogP contribution is -2.22. The lowest BCUT2D eigenvalue weighted by Gasteiger charge is -2.12. The third-order valence-electron chi connectivity index (χ3n) is 2.99. The Morgan fingerprint density at radius 1 is 1.27 bits per heavy atom. The fourth-order valence-corrected chi connectivity index (χ4v) is 3.37. The van der Waals surface area contributed by atoms with Gasteiger partial charge in [0.1, 0.15) is 5.01 Å². The Morgan fingerprint density at radius 2 is 1.95 bits per heavy atom. The number of nitrogens with one attached hydrogen (secondary N) is 1. The van der Waals surface area contributed by atoms with E-state index in [0.717, 1.165) is 10.8 Å². The van der Waals surface area contributed by atoms with Gasteiger partial charge in [-0.15, -0.1) is 22.0 Å². The summed E-state index contributed by atoms with van der Waals surface area (Å²) >= 11 is 3.12. The third-order valence-corrected chi connectivity index (χ3v) is 5.52. The molecule has 0 aliphatic heterocycles. The van der Waals surface area contributed by atoms with Crippen molar-refractivity contribution in [1.82, 2.24) is 10.2 Å². The monoisotopic (exact) mass is 335 g/mol. The minimum Gasteiger partial charge on any atom is -0.300 e. The number of anilines is 1. The highest BCUT2D eigenvalue weighted by molar-refractivity contribution is 7.99. The maximum absolute atomic E-state index is 12.2. The minimum absolute atomic E-state index is 0.0139. The molecule has 1 unspecified atom stereocenters. The van der Waals surface area contributed by atoms with Crippen LogP contribution in [0.25, 0.3) is 0 Å². The zero-order valence-corrected chi connectivity index (χ0v) is 14.9. The Hall–Kier alpha value is -1.40. The van der Waals surface area contributed by atoms with Crippen LogP contribution in [0, 0.1) is 5.92 Å². The van der Waals surface area contributed by atoms with E-state index in [0.29, 0.717) is 5.13 Å². The predicted molar refractivity (Wildman–Crippen MR) is 93.6 cm³/mol. The topological polar surface area (TPSA) is 54.9 Å². The van der Waals surface area contributed by atoms with Crippen LogP contribution in [0.3, 0.4) is 0 Å². The maximum Gasteiger partial charge on any atom is 0.229 e. The zero-order valence-electron chi connectivity index (χ0n) is 13.3. The fraction of sp³-hybridized carbons (Fsp3) is 0.438. The van der Waals surface area contributed by atoms with E-state index in [4.69, 9.17) is 0 Å². The molecule has 0 aliphatic rings. The first-order chi connectivity index (χ1) is 10.4. The first-order valence-electron chi connectivity index (χ1n) is 7.19. The molecule has 0 fully saturated rings. The van der Waals surface area contributed by atoms with E-state index in [-0.39, 0.29) is 17.2 Å². The quantitative estimate of drug-likeness (QED) is 0.832. The van der Waals surface area contributed by atoms with Crippen LogP contribution < -0.4 is 5.32 Å². The Labute approximate surface area is 139 Å². The molecule has 1 N–H and O–H groups in total. The van der Waals surface area contributed by atoms with Crippen molar-refractivity contribution in [2.24, 2.45) is 5.92 Å². The predicted octanol–water partition coefficient (Wildman–Crippen LogP) is 4.20. The van der Waals surface area contributed by atoms with Crippen LogP contribution in [0.15, 0.2) is 35.2 Å². The number of hydrogen-bond acceptors (Lipinski definition) is 5. The van der Waals surface area contributed by atoms with Crippen LogP contribution in [0.1, 0.15) is 32.7 Å². The minimum atomic E-state index is -0.0906.